The molecule has 0 aliphatic rings. The Balaban J connectivity index is 2.26. The summed E-state index contributed by atoms with van der Waals surface area (Å²) in [6, 6.07) is 0. The maximum atomic E-state index is 12.0. The van der Waals surface area contributed by atoms with Crippen molar-refractivity contribution in [2.75, 3.05) is 6.54 Å². The van der Waals surface area contributed by atoms with Gasteiger partial charge in [-0.3, -0.25) is 4.79 Å². The molecular formula is C10H11BrF3N3O. The number of hydrogen-bond acceptors (Lipinski definition) is 3. The number of hydrogen-bond donors (Lipinski definition) is 1. The Morgan fingerprint density at radius 2 is 2.22 bits per heavy atom. The van der Waals surface area contributed by atoms with Crippen molar-refractivity contribution in [2.45, 2.75) is 19.1 Å². The summed E-state index contributed by atoms with van der Waals surface area (Å²) in [4.78, 5) is 14.6. The Morgan fingerprint density at radius 1 is 1.50 bits per heavy atom. The van der Waals surface area contributed by atoms with E-state index in [0.717, 1.165) is 6.20 Å². The molecule has 1 rings (SSSR count). The molecule has 1 aromatic rings. The highest BCUT2D eigenvalue weighted by Gasteiger charge is 2.39. The smallest absolute Gasteiger partial charge is 0.390 e. The summed E-state index contributed by atoms with van der Waals surface area (Å²) in [6.07, 6.45) is 1.95. The predicted molar refractivity (Wildman–Crippen MR) is 62.9 cm³/mol. The zero-order chi connectivity index (χ0) is 13.6. The van der Waals surface area contributed by atoms with Crippen molar-refractivity contribution in [1.82, 2.24) is 14.9 Å². The van der Waals surface area contributed by atoms with Crippen LogP contribution in [0.1, 0.15) is 6.42 Å². The van der Waals surface area contributed by atoms with E-state index in [9.17, 15) is 18.0 Å². The molecule has 0 radical (unpaired) electrons. The molecule has 1 N–H and O–H groups in total. The Kier molecular flexibility index (Phi) is 5.39. The highest BCUT2D eigenvalue weighted by molar-refractivity contribution is 9.12. The molecule has 1 aromatic heterocycles. The van der Waals surface area contributed by atoms with E-state index in [1.54, 1.807) is 18.7 Å². The van der Waals surface area contributed by atoms with E-state index in [-0.39, 0.29) is 0 Å². The standard InChI is InChI=1S/C10H11BrF3N3O/c11-8(9(18)10(12,13)14)6-15-2-1-4-17-5-3-16-7-17/h3,5-7,15H,1-2,4H2/b8-6-. The zero-order valence-corrected chi connectivity index (χ0v) is 10.8. The molecule has 0 aliphatic heterocycles. The number of carbonyl (C=O) groups excluding carboxylic acids is 1. The van der Waals surface area contributed by atoms with Gasteiger partial charge >= 0.3 is 6.18 Å². The van der Waals surface area contributed by atoms with Crippen LogP contribution in [0.25, 0.3) is 0 Å². The number of halogens is 4. The van der Waals surface area contributed by atoms with Crippen LogP contribution in [0.3, 0.4) is 0 Å². The first kappa shape index (κ1) is 14.7. The molecule has 4 nitrogen and oxygen atoms in total. The Morgan fingerprint density at radius 3 is 2.78 bits per heavy atom. The van der Waals surface area contributed by atoms with Gasteiger partial charge in [0.1, 0.15) is 0 Å². The van der Waals surface area contributed by atoms with E-state index in [4.69, 9.17) is 0 Å². The summed E-state index contributed by atoms with van der Waals surface area (Å²) >= 11 is 2.58. The summed E-state index contributed by atoms with van der Waals surface area (Å²) in [7, 11) is 0. The number of alkyl halides is 3. The molecule has 0 amide bonds. The second-order valence-corrected chi connectivity index (χ2v) is 4.28. The molecule has 0 saturated heterocycles. The lowest BCUT2D eigenvalue weighted by Crippen LogP contribution is -2.23. The number of rotatable bonds is 6. The minimum absolute atomic E-state index is 0.457. The lowest BCUT2D eigenvalue weighted by Gasteiger charge is -2.05. The molecule has 100 valence electrons. The topological polar surface area (TPSA) is 46.9 Å². The van der Waals surface area contributed by atoms with Crippen LogP contribution in [0.5, 0.6) is 0 Å². The maximum Gasteiger partial charge on any atom is 0.455 e. The van der Waals surface area contributed by atoms with Gasteiger partial charge in [-0.05, 0) is 22.4 Å². The van der Waals surface area contributed by atoms with Gasteiger partial charge in [-0.25, -0.2) is 4.98 Å². The van der Waals surface area contributed by atoms with E-state index in [1.165, 1.54) is 0 Å². The van der Waals surface area contributed by atoms with E-state index in [2.05, 4.69) is 26.2 Å². The second kappa shape index (κ2) is 6.58. The molecule has 0 unspecified atom stereocenters. The zero-order valence-electron chi connectivity index (χ0n) is 9.25. The highest BCUT2D eigenvalue weighted by Crippen LogP contribution is 2.23. The summed E-state index contributed by atoms with van der Waals surface area (Å²) in [6.45, 7) is 1.16. The highest BCUT2D eigenvalue weighted by atomic mass is 79.9. The van der Waals surface area contributed by atoms with Crippen LogP contribution in [0, 0.1) is 0 Å². The molecule has 0 bridgehead atoms. The fourth-order valence-electron chi connectivity index (χ4n) is 1.15. The molecule has 1 heterocycles. The van der Waals surface area contributed by atoms with Crippen LogP contribution < -0.4 is 5.32 Å². The van der Waals surface area contributed by atoms with Crippen molar-refractivity contribution < 1.29 is 18.0 Å². The number of nitrogens with one attached hydrogen (secondary N) is 1. The number of imidazole rings is 1. The summed E-state index contributed by atoms with van der Waals surface area (Å²) in [5.41, 5.74) is 0. The van der Waals surface area contributed by atoms with Crippen molar-refractivity contribution >= 4 is 21.7 Å². The van der Waals surface area contributed by atoms with Crippen LogP contribution in [0.15, 0.2) is 29.4 Å². The maximum absolute atomic E-state index is 12.0. The number of aryl methyl sites for hydroxylation is 1. The third-order valence-corrected chi connectivity index (χ3v) is 2.59. The summed E-state index contributed by atoms with van der Waals surface area (Å²) < 4.78 is 37.3. The molecule has 0 fully saturated rings. The fraction of sp³-hybridized carbons (Fsp3) is 0.400. The predicted octanol–water partition coefficient (Wildman–Crippen LogP) is 2.23. The van der Waals surface area contributed by atoms with Gasteiger partial charge in [0.25, 0.3) is 5.78 Å². The van der Waals surface area contributed by atoms with Crippen molar-refractivity contribution in [1.29, 1.82) is 0 Å². The lowest BCUT2D eigenvalue weighted by molar-refractivity contribution is -0.165. The van der Waals surface area contributed by atoms with E-state index in [1.807, 2.05) is 4.57 Å². The number of nitrogens with zero attached hydrogens (tertiary/aromatic N) is 2. The second-order valence-electron chi connectivity index (χ2n) is 3.43. The minimum atomic E-state index is -4.85. The van der Waals surface area contributed by atoms with Gasteiger partial charge < -0.3 is 9.88 Å². The van der Waals surface area contributed by atoms with Crippen LogP contribution in [0.2, 0.25) is 0 Å². The third kappa shape index (κ3) is 4.91. The minimum Gasteiger partial charge on any atom is -0.390 e. The van der Waals surface area contributed by atoms with Gasteiger partial charge in [0.15, 0.2) is 0 Å². The van der Waals surface area contributed by atoms with Crippen LogP contribution in [0.4, 0.5) is 13.2 Å². The van der Waals surface area contributed by atoms with Crippen LogP contribution in [-0.4, -0.2) is 28.1 Å². The van der Waals surface area contributed by atoms with Crippen molar-refractivity contribution in [3.05, 3.63) is 29.4 Å². The van der Waals surface area contributed by atoms with Gasteiger partial charge in [-0.2, -0.15) is 13.2 Å². The molecule has 0 spiro atoms. The first-order chi connectivity index (χ1) is 8.41. The van der Waals surface area contributed by atoms with E-state index in [0.29, 0.717) is 19.5 Å². The van der Waals surface area contributed by atoms with Crippen LogP contribution >= 0.6 is 15.9 Å². The van der Waals surface area contributed by atoms with Gasteiger partial charge in [0.05, 0.1) is 10.8 Å². The number of Topliss-reactive ketones (excluding diaryl/α,β-unsaturated/α-hetero) is 1. The molecule has 0 saturated carbocycles. The SMILES string of the molecule is O=C(/C(Br)=C/NCCCn1ccnc1)C(F)(F)F. The van der Waals surface area contributed by atoms with Crippen molar-refractivity contribution in [3.8, 4) is 0 Å². The van der Waals surface area contributed by atoms with Gasteiger partial charge in [0, 0.05) is 31.7 Å². The first-order valence-electron chi connectivity index (χ1n) is 5.07. The molecule has 8 heteroatoms. The van der Waals surface area contributed by atoms with Crippen molar-refractivity contribution in [2.24, 2.45) is 0 Å². The molecule has 0 aliphatic carbocycles. The van der Waals surface area contributed by atoms with Crippen molar-refractivity contribution in [3.63, 3.8) is 0 Å². The average molecular weight is 326 g/mol. The Bertz CT molecular complexity index is 415. The monoisotopic (exact) mass is 325 g/mol. The quantitative estimate of drug-likeness (QED) is 0.644. The lowest BCUT2D eigenvalue weighted by atomic mass is 10.3. The van der Waals surface area contributed by atoms with Gasteiger partial charge in [-0.15, -0.1) is 0 Å². The van der Waals surface area contributed by atoms with E-state index >= 15 is 0 Å². The normalized spacial score (nSPS) is 12.6. The summed E-state index contributed by atoms with van der Waals surface area (Å²) in [5, 5.41) is 2.64. The number of ketones is 1. The Labute approximate surface area is 110 Å². The third-order valence-electron chi connectivity index (χ3n) is 2.00. The number of carbonyl (C=O) groups is 1. The largest absolute Gasteiger partial charge is 0.455 e. The van der Waals surface area contributed by atoms with Crippen LogP contribution in [-0.2, 0) is 11.3 Å². The molecule has 0 aromatic carbocycles. The average Bonchev–Trinajstić information content (AvgIpc) is 2.79. The molecular weight excluding hydrogens is 315 g/mol. The first-order valence-corrected chi connectivity index (χ1v) is 5.87. The van der Waals surface area contributed by atoms with Gasteiger partial charge in [0.2, 0.25) is 0 Å². The summed E-state index contributed by atoms with van der Waals surface area (Å²) in [5.74, 6) is -1.90. The fourth-order valence-corrected chi connectivity index (χ4v) is 1.53. The Hall–Kier alpha value is -1.31. The van der Waals surface area contributed by atoms with Gasteiger partial charge in [-0.1, -0.05) is 0 Å². The number of aromatic nitrogens is 2. The number of allylic oxidation sites excluding steroid dienone is 1. The molecule has 18 heavy (non-hydrogen) atoms. The molecule has 0 atom stereocenters. The van der Waals surface area contributed by atoms with E-state index < -0.39 is 16.4 Å².